The van der Waals surface area contributed by atoms with Crippen molar-refractivity contribution in [3.63, 3.8) is 0 Å². The van der Waals surface area contributed by atoms with E-state index < -0.39 is 0 Å². The number of hydrogen-bond donors (Lipinski definition) is 3. The first-order valence-electron chi connectivity index (χ1n) is 6.36. The van der Waals surface area contributed by atoms with Crippen molar-refractivity contribution in [2.24, 2.45) is 5.41 Å². The van der Waals surface area contributed by atoms with E-state index in [-0.39, 0.29) is 18.1 Å². The average molecular weight is 268 g/mol. The van der Waals surface area contributed by atoms with Crippen LogP contribution in [0.1, 0.15) is 33.0 Å². The number of aromatic nitrogens is 2. The van der Waals surface area contributed by atoms with Crippen LogP contribution < -0.4 is 11.1 Å². The van der Waals surface area contributed by atoms with Gasteiger partial charge in [-0.05, 0) is 11.8 Å². The van der Waals surface area contributed by atoms with Crippen LogP contribution in [0.3, 0.4) is 0 Å². The highest BCUT2D eigenvalue weighted by Gasteiger charge is 2.24. The molecule has 0 aliphatic rings. The number of aliphatic hydroxyl groups excluding tert-OH is 1. The minimum atomic E-state index is 0.00383. The summed E-state index contributed by atoms with van der Waals surface area (Å²) in [5.74, 6) is 1.61. The van der Waals surface area contributed by atoms with Gasteiger partial charge in [0.05, 0.1) is 0 Å². The highest BCUT2D eigenvalue weighted by atomic mass is 16.5. The number of nitrogens with zero attached hydrogens (tertiary/aromatic N) is 2. The zero-order chi connectivity index (χ0) is 14.5. The fourth-order valence-electron chi connectivity index (χ4n) is 1.81. The van der Waals surface area contributed by atoms with Crippen LogP contribution in [0, 0.1) is 5.41 Å². The SMILES string of the molecule is COCc1nc(N)cc(NC(CCO)C(C)(C)C)n1. The van der Waals surface area contributed by atoms with Crippen molar-refractivity contribution in [2.75, 3.05) is 24.8 Å². The van der Waals surface area contributed by atoms with E-state index in [0.29, 0.717) is 30.5 Å². The number of anilines is 2. The number of hydrogen-bond acceptors (Lipinski definition) is 6. The van der Waals surface area contributed by atoms with Crippen molar-refractivity contribution >= 4 is 11.6 Å². The molecule has 0 bridgehead atoms. The Balaban J connectivity index is 2.89. The predicted octanol–water partition coefficient (Wildman–Crippen LogP) is 1.41. The number of nitrogens with two attached hydrogens (primary N) is 1. The molecule has 4 N–H and O–H groups in total. The largest absolute Gasteiger partial charge is 0.396 e. The summed E-state index contributed by atoms with van der Waals surface area (Å²) in [7, 11) is 1.59. The molecular weight excluding hydrogens is 244 g/mol. The van der Waals surface area contributed by atoms with Gasteiger partial charge in [-0.15, -0.1) is 0 Å². The van der Waals surface area contributed by atoms with E-state index in [1.807, 2.05) is 0 Å². The molecule has 6 nitrogen and oxygen atoms in total. The molecule has 1 aromatic rings. The molecule has 1 atom stereocenters. The van der Waals surface area contributed by atoms with Gasteiger partial charge in [0.25, 0.3) is 0 Å². The Labute approximate surface area is 114 Å². The number of aliphatic hydroxyl groups is 1. The van der Waals surface area contributed by atoms with Crippen molar-refractivity contribution in [3.8, 4) is 0 Å². The molecule has 6 heteroatoms. The third-order valence-corrected chi connectivity index (χ3v) is 2.85. The second-order valence-electron chi connectivity index (χ2n) is 5.60. The van der Waals surface area contributed by atoms with Crippen LogP contribution in [0.5, 0.6) is 0 Å². The Morgan fingerprint density at radius 2 is 2.11 bits per heavy atom. The molecule has 1 unspecified atom stereocenters. The lowest BCUT2D eigenvalue weighted by atomic mass is 9.85. The fourth-order valence-corrected chi connectivity index (χ4v) is 1.81. The van der Waals surface area contributed by atoms with Crippen molar-refractivity contribution < 1.29 is 9.84 Å². The van der Waals surface area contributed by atoms with Gasteiger partial charge >= 0.3 is 0 Å². The molecule has 1 rings (SSSR count). The molecule has 1 heterocycles. The monoisotopic (exact) mass is 268 g/mol. The topological polar surface area (TPSA) is 93.3 Å². The molecular formula is C13H24N4O2. The smallest absolute Gasteiger partial charge is 0.158 e. The molecule has 0 saturated carbocycles. The summed E-state index contributed by atoms with van der Waals surface area (Å²) in [6, 6.07) is 1.79. The number of ether oxygens (including phenoxy) is 1. The molecule has 108 valence electrons. The molecule has 0 radical (unpaired) electrons. The van der Waals surface area contributed by atoms with Gasteiger partial charge in [-0.3, -0.25) is 0 Å². The first-order chi connectivity index (χ1) is 8.86. The van der Waals surface area contributed by atoms with E-state index in [2.05, 4.69) is 36.1 Å². The van der Waals surface area contributed by atoms with Gasteiger partial charge in [0, 0.05) is 25.8 Å². The van der Waals surface area contributed by atoms with Crippen molar-refractivity contribution in [2.45, 2.75) is 39.8 Å². The van der Waals surface area contributed by atoms with Gasteiger partial charge in [0.1, 0.15) is 18.2 Å². The van der Waals surface area contributed by atoms with Gasteiger partial charge in [-0.25, -0.2) is 9.97 Å². The van der Waals surface area contributed by atoms with E-state index in [1.165, 1.54) is 0 Å². The Kier molecular flexibility index (Phi) is 5.50. The molecule has 1 aromatic heterocycles. The Morgan fingerprint density at radius 1 is 1.42 bits per heavy atom. The summed E-state index contributed by atoms with van der Waals surface area (Å²) >= 11 is 0. The zero-order valence-electron chi connectivity index (χ0n) is 12.1. The van der Waals surface area contributed by atoms with Crippen LogP contribution >= 0.6 is 0 Å². The number of methoxy groups -OCH3 is 1. The Hall–Kier alpha value is -1.40. The summed E-state index contributed by atoms with van der Waals surface area (Å²) < 4.78 is 5.01. The van der Waals surface area contributed by atoms with E-state index in [4.69, 9.17) is 15.6 Å². The van der Waals surface area contributed by atoms with Crippen LogP contribution in [0.15, 0.2) is 6.07 Å². The van der Waals surface area contributed by atoms with E-state index in [1.54, 1.807) is 13.2 Å². The third-order valence-electron chi connectivity index (χ3n) is 2.85. The summed E-state index contributed by atoms with van der Waals surface area (Å²) in [6.45, 7) is 6.78. The molecule has 0 saturated heterocycles. The predicted molar refractivity (Wildman–Crippen MR) is 75.7 cm³/mol. The molecule has 0 aliphatic carbocycles. The van der Waals surface area contributed by atoms with E-state index in [9.17, 15) is 0 Å². The second kappa shape index (κ2) is 6.68. The first kappa shape index (κ1) is 15.7. The van der Waals surface area contributed by atoms with Crippen molar-refractivity contribution in [3.05, 3.63) is 11.9 Å². The van der Waals surface area contributed by atoms with Gasteiger partial charge in [0.2, 0.25) is 0 Å². The summed E-state index contributed by atoms with van der Waals surface area (Å²) in [5, 5.41) is 12.5. The van der Waals surface area contributed by atoms with E-state index >= 15 is 0 Å². The van der Waals surface area contributed by atoms with Crippen LogP contribution in [-0.4, -0.2) is 34.8 Å². The lowest BCUT2D eigenvalue weighted by Gasteiger charge is -2.31. The second-order valence-corrected chi connectivity index (χ2v) is 5.60. The Morgan fingerprint density at radius 3 is 2.63 bits per heavy atom. The van der Waals surface area contributed by atoms with E-state index in [0.717, 1.165) is 0 Å². The third kappa shape index (κ3) is 5.00. The van der Waals surface area contributed by atoms with Gasteiger partial charge in [-0.1, -0.05) is 20.8 Å². The summed E-state index contributed by atoms with van der Waals surface area (Å²) in [5.41, 5.74) is 5.76. The lowest BCUT2D eigenvalue weighted by Crippen LogP contribution is -2.35. The van der Waals surface area contributed by atoms with Crippen LogP contribution in [-0.2, 0) is 11.3 Å². The highest BCUT2D eigenvalue weighted by Crippen LogP contribution is 2.25. The molecule has 0 amide bonds. The number of nitrogen functional groups attached to an aromatic ring is 1. The molecule has 0 fully saturated rings. The molecule has 0 spiro atoms. The lowest BCUT2D eigenvalue weighted by molar-refractivity contribution is 0.178. The maximum Gasteiger partial charge on any atom is 0.158 e. The minimum absolute atomic E-state index is 0.00383. The van der Waals surface area contributed by atoms with Crippen LogP contribution in [0.4, 0.5) is 11.6 Å². The van der Waals surface area contributed by atoms with Gasteiger partial charge in [0.15, 0.2) is 5.82 Å². The minimum Gasteiger partial charge on any atom is -0.396 e. The average Bonchev–Trinajstić information content (AvgIpc) is 2.27. The normalized spacial score (nSPS) is 13.3. The van der Waals surface area contributed by atoms with Crippen molar-refractivity contribution in [1.29, 1.82) is 0 Å². The van der Waals surface area contributed by atoms with Crippen molar-refractivity contribution in [1.82, 2.24) is 9.97 Å². The number of nitrogens with one attached hydrogen (secondary N) is 1. The Bertz CT molecular complexity index is 404. The molecule has 0 aliphatic heterocycles. The zero-order valence-corrected chi connectivity index (χ0v) is 12.1. The standard InChI is InChI=1S/C13H24N4O2/c1-13(2,3)9(5-6-18)15-11-7-10(14)16-12(17-11)8-19-4/h7,9,18H,5-6,8H2,1-4H3,(H3,14,15,16,17). The fraction of sp³-hybridized carbons (Fsp3) is 0.692. The maximum atomic E-state index is 9.15. The van der Waals surface area contributed by atoms with Crippen LogP contribution in [0.25, 0.3) is 0 Å². The van der Waals surface area contributed by atoms with Gasteiger partial charge < -0.3 is 20.9 Å². The van der Waals surface area contributed by atoms with Gasteiger partial charge in [-0.2, -0.15) is 0 Å². The highest BCUT2D eigenvalue weighted by molar-refractivity contribution is 5.45. The molecule has 0 aromatic carbocycles. The quantitative estimate of drug-likeness (QED) is 0.722. The molecule has 19 heavy (non-hydrogen) atoms. The number of rotatable bonds is 6. The summed E-state index contributed by atoms with van der Waals surface area (Å²) in [4.78, 5) is 8.44. The first-order valence-corrected chi connectivity index (χ1v) is 6.36. The summed E-state index contributed by atoms with van der Waals surface area (Å²) in [6.07, 6.45) is 0.646. The maximum absolute atomic E-state index is 9.15. The van der Waals surface area contributed by atoms with Crippen LogP contribution in [0.2, 0.25) is 0 Å².